The molecular weight excluding hydrogens is 132 g/mol. The first kappa shape index (κ1) is 8.94. The minimum Gasteiger partial charge on any atom is -0.359 e. The highest BCUT2D eigenvalue weighted by atomic mass is 16.2. The predicted molar refractivity (Wildman–Crippen MR) is 37.4 cm³/mol. The fraction of sp³-hybridized carbons (Fsp3) is 0.667. The minimum absolute atomic E-state index is 0.0660. The van der Waals surface area contributed by atoms with Gasteiger partial charge in [-0.3, -0.25) is 9.59 Å². The standard InChI is InChI=1S/C6H12N2O2/c1-7-5(9)4-6(10)8(2)3/h4H2,1-3H3,(H,7,9). The van der Waals surface area contributed by atoms with Crippen LogP contribution in [0.25, 0.3) is 0 Å². The molecule has 0 aromatic carbocycles. The van der Waals surface area contributed by atoms with E-state index in [2.05, 4.69) is 5.32 Å². The zero-order valence-electron chi connectivity index (χ0n) is 6.47. The van der Waals surface area contributed by atoms with E-state index in [9.17, 15) is 9.59 Å². The van der Waals surface area contributed by atoms with E-state index in [1.165, 1.54) is 11.9 Å². The van der Waals surface area contributed by atoms with Crippen LogP contribution >= 0.6 is 0 Å². The number of nitrogens with one attached hydrogen (secondary N) is 1. The van der Waals surface area contributed by atoms with Gasteiger partial charge in [-0.05, 0) is 0 Å². The molecular formula is C6H12N2O2. The van der Waals surface area contributed by atoms with Crippen LogP contribution in [0.1, 0.15) is 6.42 Å². The zero-order valence-corrected chi connectivity index (χ0v) is 6.47. The number of carbonyl (C=O) groups is 2. The molecule has 0 unspecified atom stereocenters. The summed E-state index contributed by atoms with van der Waals surface area (Å²) in [4.78, 5) is 22.7. The Morgan fingerprint density at radius 2 is 1.90 bits per heavy atom. The molecule has 4 heteroatoms. The number of rotatable bonds is 2. The summed E-state index contributed by atoms with van der Waals surface area (Å²) in [5.41, 5.74) is 0. The first-order chi connectivity index (χ1) is 4.57. The lowest BCUT2D eigenvalue weighted by Crippen LogP contribution is -2.29. The Kier molecular flexibility index (Phi) is 3.46. The summed E-state index contributed by atoms with van der Waals surface area (Å²) < 4.78 is 0. The van der Waals surface area contributed by atoms with E-state index < -0.39 is 0 Å². The van der Waals surface area contributed by atoms with E-state index in [4.69, 9.17) is 0 Å². The first-order valence-corrected chi connectivity index (χ1v) is 2.98. The van der Waals surface area contributed by atoms with Crippen LogP contribution in [0.4, 0.5) is 0 Å². The molecule has 10 heavy (non-hydrogen) atoms. The van der Waals surface area contributed by atoms with Gasteiger partial charge in [-0.1, -0.05) is 0 Å². The van der Waals surface area contributed by atoms with Crippen molar-refractivity contribution in [2.24, 2.45) is 0 Å². The van der Waals surface area contributed by atoms with Crippen molar-refractivity contribution in [3.8, 4) is 0 Å². The number of hydrogen-bond acceptors (Lipinski definition) is 2. The van der Waals surface area contributed by atoms with Gasteiger partial charge in [0.15, 0.2) is 0 Å². The maximum absolute atomic E-state index is 10.8. The SMILES string of the molecule is CNC(=O)CC(=O)N(C)C. The van der Waals surface area contributed by atoms with Gasteiger partial charge in [0, 0.05) is 21.1 Å². The molecule has 0 saturated carbocycles. The van der Waals surface area contributed by atoms with Crippen molar-refractivity contribution in [2.45, 2.75) is 6.42 Å². The summed E-state index contributed by atoms with van der Waals surface area (Å²) >= 11 is 0. The van der Waals surface area contributed by atoms with E-state index >= 15 is 0 Å². The van der Waals surface area contributed by atoms with Crippen molar-refractivity contribution >= 4 is 11.8 Å². The van der Waals surface area contributed by atoms with Gasteiger partial charge in [0.25, 0.3) is 0 Å². The van der Waals surface area contributed by atoms with Crippen LogP contribution in [-0.4, -0.2) is 37.9 Å². The maximum atomic E-state index is 10.8. The second kappa shape index (κ2) is 3.87. The van der Waals surface area contributed by atoms with Crippen LogP contribution < -0.4 is 5.32 Å². The van der Waals surface area contributed by atoms with Crippen LogP contribution in [0.15, 0.2) is 0 Å². The molecule has 2 amide bonds. The fourth-order valence-corrected chi connectivity index (χ4v) is 0.384. The molecule has 0 aromatic heterocycles. The van der Waals surface area contributed by atoms with E-state index in [1.54, 1.807) is 14.1 Å². The third-order valence-electron chi connectivity index (χ3n) is 1.09. The molecule has 4 nitrogen and oxygen atoms in total. The largest absolute Gasteiger partial charge is 0.359 e. The second-order valence-electron chi connectivity index (χ2n) is 2.14. The van der Waals surface area contributed by atoms with E-state index in [-0.39, 0.29) is 18.2 Å². The monoisotopic (exact) mass is 144 g/mol. The quantitative estimate of drug-likeness (QED) is 0.516. The number of carbonyl (C=O) groups excluding carboxylic acids is 2. The predicted octanol–water partition coefficient (Wildman–Crippen LogP) is -0.789. The summed E-state index contributed by atoms with van der Waals surface area (Å²) in [5.74, 6) is -0.432. The molecule has 0 atom stereocenters. The van der Waals surface area contributed by atoms with Crippen LogP contribution in [-0.2, 0) is 9.59 Å². The molecule has 58 valence electrons. The second-order valence-corrected chi connectivity index (χ2v) is 2.14. The highest BCUT2D eigenvalue weighted by Gasteiger charge is 2.08. The van der Waals surface area contributed by atoms with Crippen LogP contribution in [0.2, 0.25) is 0 Å². The molecule has 0 radical (unpaired) electrons. The first-order valence-electron chi connectivity index (χ1n) is 2.98. The number of hydrogen-bond donors (Lipinski definition) is 1. The molecule has 0 bridgehead atoms. The van der Waals surface area contributed by atoms with E-state index in [0.717, 1.165) is 0 Å². The zero-order chi connectivity index (χ0) is 8.15. The lowest BCUT2D eigenvalue weighted by molar-refractivity contribution is -0.134. The Labute approximate surface area is 60.2 Å². The normalized spacial score (nSPS) is 8.70. The summed E-state index contributed by atoms with van der Waals surface area (Å²) in [6.07, 6.45) is -0.0660. The van der Waals surface area contributed by atoms with Crippen molar-refractivity contribution in [1.29, 1.82) is 0 Å². The minimum atomic E-state index is -0.251. The molecule has 1 N–H and O–H groups in total. The Balaban J connectivity index is 3.69. The van der Waals surface area contributed by atoms with Crippen molar-refractivity contribution in [1.82, 2.24) is 10.2 Å². The lowest BCUT2D eigenvalue weighted by Gasteiger charge is -2.08. The lowest BCUT2D eigenvalue weighted by atomic mass is 10.4. The topological polar surface area (TPSA) is 49.4 Å². The average Bonchev–Trinajstić information content (AvgIpc) is 1.87. The molecule has 0 fully saturated rings. The van der Waals surface area contributed by atoms with Crippen LogP contribution in [0.3, 0.4) is 0 Å². The fourth-order valence-electron chi connectivity index (χ4n) is 0.384. The molecule has 0 aromatic rings. The van der Waals surface area contributed by atoms with Gasteiger partial charge in [0.05, 0.1) is 0 Å². The highest BCUT2D eigenvalue weighted by Crippen LogP contribution is 1.85. The van der Waals surface area contributed by atoms with Gasteiger partial charge in [0.2, 0.25) is 11.8 Å². The van der Waals surface area contributed by atoms with Gasteiger partial charge in [-0.25, -0.2) is 0 Å². The summed E-state index contributed by atoms with van der Waals surface area (Å²) in [6, 6.07) is 0. The van der Waals surface area contributed by atoms with Crippen molar-refractivity contribution in [2.75, 3.05) is 21.1 Å². The molecule has 0 rings (SSSR count). The van der Waals surface area contributed by atoms with Gasteiger partial charge in [-0.2, -0.15) is 0 Å². The van der Waals surface area contributed by atoms with Crippen molar-refractivity contribution in [3.05, 3.63) is 0 Å². The number of nitrogens with zero attached hydrogens (tertiary/aromatic N) is 1. The summed E-state index contributed by atoms with van der Waals surface area (Å²) in [7, 11) is 4.74. The Bertz CT molecular complexity index is 143. The van der Waals surface area contributed by atoms with Gasteiger partial charge >= 0.3 is 0 Å². The van der Waals surface area contributed by atoms with Crippen LogP contribution in [0, 0.1) is 0 Å². The van der Waals surface area contributed by atoms with E-state index in [1.807, 2.05) is 0 Å². The molecule has 0 saturated heterocycles. The van der Waals surface area contributed by atoms with Crippen LogP contribution in [0.5, 0.6) is 0 Å². The molecule has 0 aliphatic carbocycles. The third kappa shape index (κ3) is 3.06. The summed E-state index contributed by atoms with van der Waals surface area (Å²) in [5, 5.41) is 2.36. The Morgan fingerprint density at radius 1 is 1.40 bits per heavy atom. The maximum Gasteiger partial charge on any atom is 0.231 e. The van der Waals surface area contributed by atoms with Gasteiger partial charge in [-0.15, -0.1) is 0 Å². The smallest absolute Gasteiger partial charge is 0.231 e. The summed E-state index contributed by atoms with van der Waals surface area (Å²) in [6.45, 7) is 0. The van der Waals surface area contributed by atoms with E-state index in [0.29, 0.717) is 0 Å². The van der Waals surface area contributed by atoms with Crippen molar-refractivity contribution in [3.63, 3.8) is 0 Å². The molecule has 0 aliphatic rings. The molecule has 0 aliphatic heterocycles. The van der Waals surface area contributed by atoms with Gasteiger partial charge < -0.3 is 10.2 Å². The van der Waals surface area contributed by atoms with Crippen molar-refractivity contribution < 1.29 is 9.59 Å². The molecule has 0 heterocycles. The van der Waals surface area contributed by atoms with Gasteiger partial charge in [0.1, 0.15) is 6.42 Å². The average molecular weight is 144 g/mol. The number of amides is 2. The third-order valence-corrected chi connectivity index (χ3v) is 1.09. The Morgan fingerprint density at radius 3 is 2.20 bits per heavy atom. The highest BCUT2D eigenvalue weighted by molar-refractivity contribution is 5.96. The Hall–Kier alpha value is -1.06. The molecule has 0 spiro atoms.